The Bertz CT molecular complexity index is 1390. The van der Waals surface area contributed by atoms with Crippen LogP contribution in [0.4, 0.5) is 5.82 Å². The van der Waals surface area contributed by atoms with E-state index in [2.05, 4.69) is 56.9 Å². The Labute approximate surface area is 219 Å². The van der Waals surface area contributed by atoms with Gasteiger partial charge >= 0.3 is 0 Å². The van der Waals surface area contributed by atoms with E-state index in [4.69, 9.17) is 15.1 Å². The molecule has 0 spiro atoms. The molecule has 0 bridgehead atoms. The Hall–Kier alpha value is -3.74. The van der Waals surface area contributed by atoms with Crippen molar-refractivity contribution >= 4 is 22.8 Å². The Kier molecular flexibility index (Phi) is 6.71. The van der Waals surface area contributed by atoms with Gasteiger partial charge in [0.25, 0.3) is 0 Å². The number of hydrogen-bond acceptors (Lipinski definition) is 5. The van der Waals surface area contributed by atoms with Crippen LogP contribution >= 0.6 is 0 Å². The van der Waals surface area contributed by atoms with Crippen molar-refractivity contribution in [2.75, 3.05) is 31.1 Å². The van der Waals surface area contributed by atoms with E-state index in [1.54, 1.807) is 0 Å². The SMILES string of the molecule is Cc1ccc(Cc2nc(N3CCN(C(=O)CC(C)(C)C)CC3)c3c(C)nn(-c4ccccc4)c3n2)cc1. The Morgan fingerprint density at radius 3 is 2.22 bits per heavy atom. The van der Waals surface area contributed by atoms with Gasteiger partial charge in [0.05, 0.1) is 16.8 Å². The number of hydrogen-bond donors (Lipinski definition) is 0. The van der Waals surface area contributed by atoms with E-state index in [-0.39, 0.29) is 11.3 Å². The van der Waals surface area contributed by atoms with Gasteiger partial charge < -0.3 is 9.80 Å². The predicted molar refractivity (Wildman–Crippen MR) is 148 cm³/mol. The first-order valence-corrected chi connectivity index (χ1v) is 13.1. The van der Waals surface area contributed by atoms with Gasteiger partial charge in [-0.15, -0.1) is 0 Å². The maximum atomic E-state index is 12.8. The van der Waals surface area contributed by atoms with Crippen molar-refractivity contribution < 1.29 is 4.79 Å². The van der Waals surface area contributed by atoms with Crippen molar-refractivity contribution in [3.63, 3.8) is 0 Å². The number of carbonyl (C=O) groups excluding carboxylic acids is 1. The van der Waals surface area contributed by atoms with Gasteiger partial charge in [0.1, 0.15) is 11.6 Å². The van der Waals surface area contributed by atoms with Crippen molar-refractivity contribution in [1.82, 2.24) is 24.6 Å². The molecule has 37 heavy (non-hydrogen) atoms. The zero-order valence-corrected chi connectivity index (χ0v) is 22.5. The van der Waals surface area contributed by atoms with Crippen LogP contribution in [0.3, 0.4) is 0 Å². The van der Waals surface area contributed by atoms with Crippen molar-refractivity contribution in [3.8, 4) is 5.69 Å². The van der Waals surface area contributed by atoms with E-state index >= 15 is 0 Å². The largest absolute Gasteiger partial charge is 0.352 e. The maximum absolute atomic E-state index is 12.8. The van der Waals surface area contributed by atoms with Crippen LogP contribution in [-0.4, -0.2) is 56.7 Å². The van der Waals surface area contributed by atoms with Crippen LogP contribution in [0.15, 0.2) is 54.6 Å². The number of carbonyl (C=O) groups is 1. The van der Waals surface area contributed by atoms with Gasteiger partial charge in [-0.05, 0) is 37.0 Å². The number of rotatable bonds is 5. The summed E-state index contributed by atoms with van der Waals surface area (Å²) in [5.41, 5.74) is 5.10. The molecule has 0 radical (unpaired) electrons. The Morgan fingerprint density at radius 2 is 1.57 bits per heavy atom. The highest BCUT2D eigenvalue weighted by atomic mass is 16.2. The standard InChI is InChI=1S/C30H36N6O/c1-21-11-13-23(14-12-21)19-25-31-28(35-17-15-34(16-18-35)26(37)20-30(3,4)5)27-22(2)33-36(29(27)32-25)24-9-7-6-8-10-24/h6-14H,15-20H2,1-5H3. The van der Waals surface area contributed by atoms with Crippen LogP contribution in [0.5, 0.6) is 0 Å². The molecule has 5 rings (SSSR count). The van der Waals surface area contributed by atoms with E-state index in [0.29, 0.717) is 25.9 Å². The fourth-order valence-electron chi connectivity index (χ4n) is 4.88. The summed E-state index contributed by atoms with van der Waals surface area (Å²) in [4.78, 5) is 27.3. The Morgan fingerprint density at radius 1 is 0.892 bits per heavy atom. The first kappa shape index (κ1) is 24.9. The molecule has 1 fully saturated rings. The van der Waals surface area contributed by atoms with Gasteiger partial charge in [-0.1, -0.05) is 68.8 Å². The molecular weight excluding hydrogens is 460 g/mol. The highest BCUT2D eigenvalue weighted by Crippen LogP contribution is 2.30. The minimum Gasteiger partial charge on any atom is -0.352 e. The van der Waals surface area contributed by atoms with E-state index in [0.717, 1.165) is 47.1 Å². The molecule has 7 heteroatoms. The summed E-state index contributed by atoms with van der Waals surface area (Å²) in [7, 11) is 0. The third-order valence-corrected chi connectivity index (χ3v) is 6.83. The zero-order valence-electron chi connectivity index (χ0n) is 22.5. The second-order valence-corrected chi connectivity index (χ2v) is 11.3. The second-order valence-electron chi connectivity index (χ2n) is 11.3. The van der Waals surface area contributed by atoms with Crippen LogP contribution in [0, 0.1) is 19.3 Å². The number of anilines is 1. The summed E-state index contributed by atoms with van der Waals surface area (Å²) in [5, 5.41) is 5.86. The van der Waals surface area contributed by atoms with Gasteiger partial charge in [0, 0.05) is 39.0 Å². The quantitative estimate of drug-likeness (QED) is 0.384. The highest BCUT2D eigenvalue weighted by molar-refractivity contribution is 5.91. The number of amides is 1. The van der Waals surface area contributed by atoms with E-state index in [1.807, 2.05) is 46.8 Å². The number of fused-ring (bicyclic) bond motifs is 1. The van der Waals surface area contributed by atoms with E-state index in [9.17, 15) is 4.79 Å². The van der Waals surface area contributed by atoms with Gasteiger partial charge in [-0.3, -0.25) is 4.79 Å². The summed E-state index contributed by atoms with van der Waals surface area (Å²) in [6, 6.07) is 18.7. The lowest BCUT2D eigenvalue weighted by Crippen LogP contribution is -2.49. The van der Waals surface area contributed by atoms with Crippen LogP contribution < -0.4 is 4.90 Å². The summed E-state index contributed by atoms with van der Waals surface area (Å²) in [5.74, 6) is 1.91. The number of para-hydroxylation sites is 1. The maximum Gasteiger partial charge on any atom is 0.223 e. The van der Waals surface area contributed by atoms with Gasteiger partial charge in [-0.25, -0.2) is 14.6 Å². The van der Waals surface area contributed by atoms with Gasteiger partial charge in [0.2, 0.25) is 5.91 Å². The lowest BCUT2D eigenvalue weighted by molar-refractivity contribution is -0.133. The van der Waals surface area contributed by atoms with Crippen LogP contribution in [0.2, 0.25) is 0 Å². The van der Waals surface area contributed by atoms with Crippen molar-refractivity contribution in [2.45, 2.75) is 47.5 Å². The predicted octanol–water partition coefficient (Wildman–Crippen LogP) is 5.11. The molecule has 0 unspecified atom stereocenters. The fourth-order valence-corrected chi connectivity index (χ4v) is 4.88. The normalized spacial score (nSPS) is 14.4. The lowest BCUT2D eigenvalue weighted by Gasteiger charge is -2.36. The molecule has 2 aromatic carbocycles. The van der Waals surface area contributed by atoms with Crippen molar-refractivity contribution in [1.29, 1.82) is 0 Å². The first-order valence-electron chi connectivity index (χ1n) is 13.1. The highest BCUT2D eigenvalue weighted by Gasteiger charge is 2.28. The number of benzene rings is 2. The zero-order chi connectivity index (χ0) is 26.2. The molecule has 1 aliphatic rings. The van der Waals surface area contributed by atoms with Crippen LogP contribution in [0.25, 0.3) is 16.7 Å². The fraction of sp³-hybridized carbons (Fsp3) is 0.400. The number of aromatic nitrogens is 4. The molecule has 1 saturated heterocycles. The summed E-state index contributed by atoms with van der Waals surface area (Å²) >= 11 is 0. The number of aryl methyl sites for hydroxylation is 2. The van der Waals surface area contributed by atoms with E-state index < -0.39 is 0 Å². The molecule has 7 nitrogen and oxygen atoms in total. The average Bonchev–Trinajstić information content (AvgIpc) is 3.21. The first-order chi connectivity index (χ1) is 17.7. The van der Waals surface area contributed by atoms with Crippen LogP contribution in [0.1, 0.15) is 49.8 Å². The number of piperazine rings is 1. The lowest BCUT2D eigenvalue weighted by atomic mass is 9.91. The molecular formula is C30H36N6O. The molecule has 4 aromatic rings. The van der Waals surface area contributed by atoms with Crippen LogP contribution in [-0.2, 0) is 11.2 Å². The molecule has 0 N–H and O–H groups in total. The Balaban J connectivity index is 1.51. The third kappa shape index (κ3) is 5.50. The van der Waals surface area contributed by atoms with Gasteiger partial charge in [-0.2, -0.15) is 5.10 Å². The van der Waals surface area contributed by atoms with Gasteiger partial charge in [0.15, 0.2) is 5.65 Å². The van der Waals surface area contributed by atoms with Crippen molar-refractivity contribution in [2.24, 2.45) is 5.41 Å². The minimum absolute atomic E-state index is 0.0128. The topological polar surface area (TPSA) is 67.2 Å². The van der Waals surface area contributed by atoms with Crippen molar-refractivity contribution in [3.05, 3.63) is 77.2 Å². The average molecular weight is 497 g/mol. The molecule has 2 aromatic heterocycles. The monoisotopic (exact) mass is 496 g/mol. The molecule has 0 atom stereocenters. The smallest absolute Gasteiger partial charge is 0.223 e. The number of nitrogens with zero attached hydrogens (tertiary/aromatic N) is 6. The molecule has 1 amide bonds. The summed E-state index contributed by atoms with van der Waals surface area (Å²) in [6.07, 6.45) is 1.21. The molecule has 192 valence electrons. The summed E-state index contributed by atoms with van der Waals surface area (Å²) in [6.45, 7) is 13.3. The molecule has 1 aliphatic heterocycles. The second kappa shape index (κ2) is 9.96. The van der Waals surface area contributed by atoms with E-state index in [1.165, 1.54) is 11.1 Å². The summed E-state index contributed by atoms with van der Waals surface area (Å²) < 4.78 is 1.93. The molecule has 0 saturated carbocycles. The third-order valence-electron chi connectivity index (χ3n) is 6.83. The molecule has 3 heterocycles. The minimum atomic E-state index is -0.0128. The molecule has 0 aliphatic carbocycles.